The van der Waals surface area contributed by atoms with E-state index in [2.05, 4.69) is 10.6 Å². The number of benzene rings is 2. The fraction of sp³-hybridized carbons (Fsp3) is 0.222. The number of nitrogens with one attached hydrogen (secondary N) is 2. The molecule has 1 atom stereocenters. The maximum Gasteiger partial charge on any atom is 0.251 e. The predicted molar refractivity (Wildman–Crippen MR) is 101 cm³/mol. The predicted octanol–water partition coefficient (Wildman–Crippen LogP) is 4.64. The number of carbonyl (C=O) groups excluding carboxylic acids is 2. The monoisotopic (exact) mass is 398 g/mol. The molecule has 2 amide bonds. The van der Waals surface area contributed by atoms with Crippen LogP contribution in [0.2, 0.25) is 15.1 Å². The molecule has 0 aliphatic carbocycles. The van der Waals surface area contributed by atoms with Crippen molar-refractivity contribution in [2.75, 3.05) is 6.54 Å². The molecular formula is C18H17Cl3N2O2. The molecule has 7 heteroatoms. The maximum atomic E-state index is 12.0. The number of hydrogen-bond acceptors (Lipinski definition) is 2. The molecule has 0 saturated heterocycles. The summed E-state index contributed by atoms with van der Waals surface area (Å²) in [4.78, 5) is 24.0. The normalized spacial score (nSPS) is 11.7. The SMILES string of the molecule is CC(NC(=O)CCNC(=O)c1ccc(Cl)cc1)c1ccc(Cl)cc1Cl. The first-order chi connectivity index (χ1) is 11.9. The van der Waals surface area contributed by atoms with Gasteiger partial charge in [-0.25, -0.2) is 0 Å². The van der Waals surface area contributed by atoms with Gasteiger partial charge in [0.05, 0.1) is 6.04 Å². The first-order valence-corrected chi connectivity index (χ1v) is 8.78. The van der Waals surface area contributed by atoms with Gasteiger partial charge < -0.3 is 10.6 Å². The molecule has 0 saturated carbocycles. The van der Waals surface area contributed by atoms with Crippen LogP contribution in [0, 0.1) is 0 Å². The van der Waals surface area contributed by atoms with E-state index in [9.17, 15) is 9.59 Å². The highest BCUT2D eigenvalue weighted by molar-refractivity contribution is 6.35. The van der Waals surface area contributed by atoms with Gasteiger partial charge in [-0.05, 0) is 48.9 Å². The zero-order valence-electron chi connectivity index (χ0n) is 13.5. The van der Waals surface area contributed by atoms with Gasteiger partial charge in [-0.1, -0.05) is 40.9 Å². The van der Waals surface area contributed by atoms with Crippen LogP contribution < -0.4 is 10.6 Å². The topological polar surface area (TPSA) is 58.2 Å². The van der Waals surface area contributed by atoms with Crippen molar-refractivity contribution in [1.29, 1.82) is 0 Å². The molecular weight excluding hydrogens is 383 g/mol. The van der Waals surface area contributed by atoms with Gasteiger partial charge in [-0.2, -0.15) is 0 Å². The fourth-order valence-electron chi connectivity index (χ4n) is 2.24. The zero-order chi connectivity index (χ0) is 18.4. The highest BCUT2D eigenvalue weighted by Crippen LogP contribution is 2.26. The minimum Gasteiger partial charge on any atom is -0.352 e. The Morgan fingerprint density at radius 3 is 2.28 bits per heavy atom. The summed E-state index contributed by atoms with van der Waals surface area (Å²) in [5, 5.41) is 7.13. The van der Waals surface area contributed by atoms with Gasteiger partial charge in [-0.15, -0.1) is 0 Å². The van der Waals surface area contributed by atoms with Crippen molar-refractivity contribution in [3.05, 3.63) is 68.7 Å². The quantitative estimate of drug-likeness (QED) is 0.743. The van der Waals surface area contributed by atoms with Gasteiger partial charge in [0.25, 0.3) is 5.91 Å². The van der Waals surface area contributed by atoms with Gasteiger partial charge in [0.2, 0.25) is 5.91 Å². The maximum absolute atomic E-state index is 12.0. The smallest absolute Gasteiger partial charge is 0.251 e. The minimum absolute atomic E-state index is 0.162. The van der Waals surface area contributed by atoms with Crippen LogP contribution in [0.1, 0.15) is 35.3 Å². The summed E-state index contributed by atoms with van der Waals surface area (Å²) < 4.78 is 0. The van der Waals surface area contributed by atoms with Crippen LogP contribution in [-0.4, -0.2) is 18.4 Å². The Hall–Kier alpha value is -1.75. The summed E-state index contributed by atoms with van der Waals surface area (Å²) in [5.41, 5.74) is 1.27. The average Bonchev–Trinajstić information content (AvgIpc) is 2.55. The van der Waals surface area contributed by atoms with E-state index in [1.807, 2.05) is 6.92 Å². The number of rotatable bonds is 6. The molecule has 132 valence electrons. The summed E-state index contributed by atoms with van der Waals surface area (Å²) in [6.45, 7) is 2.06. The molecule has 0 aliphatic rings. The minimum atomic E-state index is -0.260. The van der Waals surface area contributed by atoms with E-state index in [-0.39, 0.29) is 30.8 Å². The molecule has 0 aromatic heterocycles. The largest absolute Gasteiger partial charge is 0.352 e. The first kappa shape index (κ1) is 19.6. The van der Waals surface area contributed by atoms with E-state index in [0.717, 1.165) is 5.56 Å². The molecule has 1 unspecified atom stereocenters. The fourth-order valence-corrected chi connectivity index (χ4v) is 2.94. The number of halogens is 3. The van der Waals surface area contributed by atoms with Crippen molar-refractivity contribution >= 4 is 46.6 Å². The Balaban J connectivity index is 1.80. The Morgan fingerprint density at radius 2 is 1.64 bits per heavy atom. The van der Waals surface area contributed by atoms with Gasteiger partial charge in [0.15, 0.2) is 0 Å². The summed E-state index contributed by atoms with van der Waals surface area (Å²) in [6.07, 6.45) is 0.162. The van der Waals surface area contributed by atoms with E-state index < -0.39 is 0 Å². The highest BCUT2D eigenvalue weighted by atomic mass is 35.5. The van der Waals surface area contributed by atoms with Crippen LogP contribution in [0.4, 0.5) is 0 Å². The van der Waals surface area contributed by atoms with Crippen molar-refractivity contribution in [1.82, 2.24) is 10.6 Å². The molecule has 25 heavy (non-hydrogen) atoms. The molecule has 4 nitrogen and oxygen atoms in total. The van der Waals surface area contributed by atoms with E-state index in [1.165, 1.54) is 0 Å². The van der Waals surface area contributed by atoms with E-state index >= 15 is 0 Å². The third-order valence-corrected chi connectivity index (χ3v) is 4.36. The second kappa shape index (κ2) is 9.09. The lowest BCUT2D eigenvalue weighted by Gasteiger charge is -2.16. The standard InChI is InChI=1S/C18H17Cl3N2O2/c1-11(15-7-6-14(20)10-16(15)21)23-17(24)8-9-22-18(25)12-2-4-13(19)5-3-12/h2-7,10-11H,8-9H2,1H3,(H,22,25)(H,23,24). The van der Waals surface area contributed by atoms with Gasteiger partial charge in [-0.3, -0.25) is 9.59 Å². The molecule has 0 aliphatic heterocycles. The lowest BCUT2D eigenvalue weighted by atomic mass is 10.1. The number of carbonyl (C=O) groups is 2. The van der Waals surface area contributed by atoms with E-state index in [4.69, 9.17) is 34.8 Å². The first-order valence-electron chi connectivity index (χ1n) is 7.65. The van der Waals surface area contributed by atoms with Crippen molar-refractivity contribution < 1.29 is 9.59 Å². The summed E-state index contributed by atoms with van der Waals surface area (Å²) in [7, 11) is 0. The van der Waals surface area contributed by atoms with Crippen LogP contribution in [0.3, 0.4) is 0 Å². The van der Waals surface area contributed by atoms with Crippen LogP contribution in [0.15, 0.2) is 42.5 Å². The lowest BCUT2D eigenvalue weighted by molar-refractivity contribution is -0.121. The van der Waals surface area contributed by atoms with E-state index in [0.29, 0.717) is 20.6 Å². The number of amides is 2. The Labute approximate surface area is 161 Å². The molecule has 0 bridgehead atoms. The van der Waals surface area contributed by atoms with Crippen molar-refractivity contribution in [3.63, 3.8) is 0 Å². The van der Waals surface area contributed by atoms with Gasteiger partial charge in [0, 0.05) is 33.6 Å². The van der Waals surface area contributed by atoms with Crippen LogP contribution in [0.5, 0.6) is 0 Å². The van der Waals surface area contributed by atoms with Crippen molar-refractivity contribution in [3.8, 4) is 0 Å². The molecule has 0 heterocycles. The molecule has 0 spiro atoms. The Morgan fingerprint density at radius 1 is 1.00 bits per heavy atom. The van der Waals surface area contributed by atoms with Gasteiger partial charge >= 0.3 is 0 Å². The summed E-state index contributed by atoms with van der Waals surface area (Å²) >= 11 is 17.8. The average molecular weight is 400 g/mol. The highest BCUT2D eigenvalue weighted by Gasteiger charge is 2.13. The summed E-state index contributed by atoms with van der Waals surface area (Å²) in [5.74, 6) is -0.437. The molecule has 0 fully saturated rings. The third kappa shape index (κ3) is 5.92. The van der Waals surface area contributed by atoms with Crippen LogP contribution in [-0.2, 0) is 4.79 Å². The third-order valence-electron chi connectivity index (χ3n) is 3.55. The van der Waals surface area contributed by atoms with Crippen molar-refractivity contribution in [2.24, 2.45) is 0 Å². The molecule has 2 N–H and O–H groups in total. The molecule has 2 aromatic carbocycles. The summed E-state index contributed by atoms with van der Waals surface area (Å²) in [6, 6.07) is 11.4. The number of hydrogen-bond donors (Lipinski definition) is 2. The zero-order valence-corrected chi connectivity index (χ0v) is 15.8. The van der Waals surface area contributed by atoms with Crippen molar-refractivity contribution in [2.45, 2.75) is 19.4 Å². The Kier molecular flexibility index (Phi) is 7.12. The van der Waals surface area contributed by atoms with Gasteiger partial charge in [0.1, 0.15) is 0 Å². The lowest BCUT2D eigenvalue weighted by Crippen LogP contribution is -2.32. The molecule has 0 radical (unpaired) electrons. The Bertz CT molecular complexity index is 763. The van der Waals surface area contributed by atoms with Crippen LogP contribution >= 0.6 is 34.8 Å². The molecule has 2 aromatic rings. The van der Waals surface area contributed by atoms with E-state index in [1.54, 1.807) is 42.5 Å². The van der Waals surface area contributed by atoms with Crippen LogP contribution in [0.25, 0.3) is 0 Å². The second-order valence-corrected chi connectivity index (χ2v) is 6.75. The second-order valence-electron chi connectivity index (χ2n) is 5.47. The molecule has 2 rings (SSSR count).